The molecule has 0 aliphatic carbocycles. The molecule has 0 radical (unpaired) electrons. The van der Waals surface area contributed by atoms with Gasteiger partial charge >= 0.3 is 0 Å². The number of aliphatic imine (C=N–C) groups is 1. The third-order valence-electron chi connectivity index (χ3n) is 4.07. The highest BCUT2D eigenvalue weighted by molar-refractivity contribution is 6.32. The molecule has 2 aromatic rings. The Morgan fingerprint density at radius 3 is 2.46 bits per heavy atom. The van der Waals surface area contributed by atoms with E-state index < -0.39 is 0 Å². The minimum Gasteiger partial charge on any atom is -0.506 e. The average Bonchev–Trinajstić information content (AvgIpc) is 2.92. The van der Waals surface area contributed by atoms with Crippen LogP contribution in [0.3, 0.4) is 0 Å². The van der Waals surface area contributed by atoms with Crippen molar-refractivity contribution in [2.24, 2.45) is 4.99 Å². The summed E-state index contributed by atoms with van der Waals surface area (Å²) >= 11 is 5.93. The number of carbonyl (C=O) groups excluding carboxylic acids is 1. The lowest BCUT2D eigenvalue weighted by atomic mass is 10.1. The predicted molar refractivity (Wildman–Crippen MR) is 106 cm³/mol. The van der Waals surface area contributed by atoms with Crippen molar-refractivity contribution in [1.82, 2.24) is 4.90 Å². The Bertz CT molecular complexity index is 928. The summed E-state index contributed by atoms with van der Waals surface area (Å²) in [5.74, 6) is 0.460. The summed E-state index contributed by atoms with van der Waals surface area (Å²) in [4.78, 5) is 18.7. The first-order valence-corrected chi connectivity index (χ1v) is 8.71. The van der Waals surface area contributed by atoms with Crippen LogP contribution in [0.25, 0.3) is 12.2 Å². The molecule has 0 atom stereocenters. The van der Waals surface area contributed by atoms with E-state index in [9.17, 15) is 9.90 Å². The Hall–Kier alpha value is -2.85. The van der Waals surface area contributed by atoms with Crippen LogP contribution in [0.15, 0.2) is 59.2 Å². The van der Waals surface area contributed by atoms with Gasteiger partial charge in [0.2, 0.25) is 0 Å². The van der Waals surface area contributed by atoms with Crippen LogP contribution in [-0.2, 0) is 4.79 Å². The summed E-state index contributed by atoms with van der Waals surface area (Å²) in [6, 6.07) is 12.9. The Balaban J connectivity index is 1.90. The first kappa shape index (κ1) is 18.0. The fourth-order valence-electron chi connectivity index (χ4n) is 2.62. The molecule has 0 aromatic heterocycles. The number of carbonyl (C=O) groups is 1. The van der Waals surface area contributed by atoms with Crippen LogP contribution < -0.4 is 0 Å². The Labute approximate surface area is 157 Å². The van der Waals surface area contributed by atoms with Crippen molar-refractivity contribution in [3.05, 3.63) is 76.0 Å². The fraction of sp³-hybridized carbons (Fsp3) is 0.143. The number of aryl methyl sites for hydroxylation is 1. The van der Waals surface area contributed by atoms with Gasteiger partial charge in [-0.05, 0) is 49.3 Å². The predicted octanol–water partition coefficient (Wildman–Crippen LogP) is 4.67. The Morgan fingerprint density at radius 1 is 1.12 bits per heavy atom. The third-order valence-corrected chi connectivity index (χ3v) is 4.37. The molecule has 1 amide bonds. The second kappa shape index (κ2) is 7.58. The van der Waals surface area contributed by atoms with Gasteiger partial charge in [-0.3, -0.25) is 9.69 Å². The van der Waals surface area contributed by atoms with E-state index in [0.717, 1.165) is 5.56 Å². The topological polar surface area (TPSA) is 52.9 Å². The zero-order valence-corrected chi connectivity index (χ0v) is 15.4. The largest absolute Gasteiger partial charge is 0.506 e. The van der Waals surface area contributed by atoms with Crippen molar-refractivity contribution in [2.45, 2.75) is 13.8 Å². The zero-order valence-electron chi connectivity index (χ0n) is 14.6. The molecular weight excluding hydrogens is 348 g/mol. The Kier molecular flexibility index (Phi) is 5.24. The standard InChI is InChI=1S/C21H19ClN2O2/c1-3-24-20(11-9-15-6-4-14(2)5-7-15)23-18(21(24)26)13-16-8-10-19(25)17(22)12-16/h4-13,25H,3H2,1-2H3/b11-9+,18-13-. The molecule has 4 nitrogen and oxygen atoms in total. The van der Waals surface area contributed by atoms with E-state index in [2.05, 4.69) is 4.99 Å². The number of hydrogen-bond donors (Lipinski definition) is 1. The van der Waals surface area contributed by atoms with E-state index in [0.29, 0.717) is 23.6 Å². The number of nitrogens with zero attached hydrogens (tertiary/aromatic N) is 2. The SMILES string of the molecule is CCN1C(=O)/C(=C/c2ccc(O)c(Cl)c2)N=C1/C=C/c1ccc(C)cc1. The molecule has 1 aliphatic rings. The summed E-state index contributed by atoms with van der Waals surface area (Å²) < 4.78 is 0. The van der Waals surface area contributed by atoms with Gasteiger partial charge in [0.25, 0.3) is 5.91 Å². The molecule has 0 unspecified atom stereocenters. The highest BCUT2D eigenvalue weighted by Gasteiger charge is 2.27. The second-order valence-electron chi connectivity index (χ2n) is 6.00. The number of likely N-dealkylation sites (N-methyl/N-ethyl adjacent to an activating group) is 1. The van der Waals surface area contributed by atoms with Gasteiger partial charge in [-0.2, -0.15) is 0 Å². The molecule has 0 bridgehead atoms. The minimum atomic E-state index is -0.153. The molecule has 0 spiro atoms. The van der Waals surface area contributed by atoms with Crippen LogP contribution in [0.1, 0.15) is 23.6 Å². The van der Waals surface area contributed by atoms with E-state index >= 15 is 0 Å². The number of hydrogen-bond acceptors (Lipinski definition) is 3. The number of phenolic OH excluding ortho intramolecular Hbond substituents is 1. The number of aromatic hydroxyl groups is 1. The van der Waals surface area contributed by atoms with Gasteiger partial charge in [0.05, 0.1) is 5.02 Å². The van der Waals surface area contributed by atoms with Crippen molar-refractivity contribution in [3.8, 4) is 5.75 Å². The summed E-state index contributed by atoms with van der Waals surface area (Å²) in [5.41, 5.74) is 3.30. The van der Waals surface area contributed by atoms with Gasteiger partial charge in [0, 0.05) is 6.54 Å². The van der Waals surface area contributed by atoms with Crippen LogP contribution in [0.4, 0.5) is 0 Å². The minimum absolute atomic E-state index is 0.00645. The summed E-state index contributed by atoms with van der Waals surface area (Å²) in [7, 11) is 0. The van der Waals surface area contributed by atoms with Gasteiger partial charge < -0.3 is 5.11 Å². The van der Waals surface area contributed by atoms with Gasteiger partial charge in [-0.25, -0.2) is 4.99 Å². The molecule has 0 fully saturated rings. The highest BCUT2D eigenvalue weighted by Crippen LogP contribution is 2.26. The van der Waals surface area contributed by atoms with Crippen molar-refractivity contribution in [3.63, 3.8) is 0 Å². The normalized spacial score (nSPS) is 16.0. The van der Waals surface area contributed by atoms with Crippen molar-refractivity contribution in [2.75, 3.05) is 6.54 Å². The summed E-state index contributed by atoms with van der Waals surface area (Å²) in [6.45, 7) is 4.48. The fourth-order valence-corrected chi connectivity index (χ4v) is 2.81. The lowest BCUT2D eigenvalue weighted by Crippen LogP contribution is -2.30. The summed E-state index contributed by atoms with van der Waals surface area (Å²) in [5, 5.41) is 9.75. The number of benzene rings is 2. The second-order valence-corrected chi connectivity index (χ2v) is 6.41. The molecule has 26 heavy (non-hydrogen) atoms. The molecule has 0 saturated carbocycles. The van der Waals surface area contributed by atoms with E-state index in [4.69, 9.17) is 11.6 Å². The van der Waals surface area contributed by atoms with Gasteiger partial charge in [-0.1, -0.05) is 53.6 Å². The first-order valence-electron chi connectivity index (χ1n) is 8.33. The van der Waals surface area contributed by atoms with Gasteiger partial charge in [0.15, 0.2) is 0 Å². The van der Waals surface area contributed by atoms with Crippen LogP contribution in [0, 0.1) is 6.92 Å². The molecule has 5 heteroatoms. The number of halogens is 1. The van der Waals surface area contributed by atoms with Crippen molar-refractivity contribution < 1.29 is 9.90 Å². The van der Waals surface area contributed by atoms with Crippen LogP contribution in [0.2, 0.25) is 5.02 Å². The zero-order chi connectivity index (χ0) is 18.7. The van der Waals surface area contributed by atoms with Crippen LogP contribution >= 0.6 is 11.6 Å². The Morgan fingerprint density at radius 2 is 1.81 bits per heavy atom. The maximum Gasteiger partial charge on any atom is 0.278 e. The number of phenols is 1. The number of amides is 1. The molecule has 2 aromatic carbocycles. The van der Waals surface area contributed by atoms with E-state index in [1.807, 2.05) is 50.3 Å². The smallest absolute Gasteiger partial charge is 0.278 e. The van der Waals surface area contributed by atoms with Crippen molar-refractivity contribution >= 4 is 35.5 Å². The number of rotatable bonds is 4. The molecule has 0 saturated heterocycles. The van der Waals surface area contributed by atoms with E-state index in [1.165, 1.54) is 11.6 Å². The lowest BCUT2D eigenvalue weighted by molar-refractivity contribution is -0.122. The summed E-state index contributed by atoms with van der Waals surface area (Å²) in [6.07, 6.45) is 5.45. The number of amidine groups is 1. The molecule has 1 heterocycles. The quantitative estimate of drug-likeness (QED) is 0.799. The average molecular weight is 367 g/mol. The maximum absolute atomic E-state index is 12.6. The molecule has 3 rings (SSSR count). The third kappa shape index (κ3) is 3.86. The van der Waals surface area contributed by atoms with Crippen molar-refractivity contribution in [1.29, 1.82) is 0 Å². The molecular formula is C21H19ClN2O2. The van der Waals surface area contributed by atoms with E-state index in [1.54, 1.807) is 23.1 Å². The molecule has 1 N–H and O–H groups in total. The molecule has 132 valence electrons. The monoisotopic (exact) mass is 366 g/mol. The van der Waals surface area contributed by atoms with Crippen LogP contribution in [0.5, 0.6) is 5.75 Å². The first-order chi connectivity index (χ1) is 12.5. The van der Waals surface area contributed by atoms with Gasteiger partial charge in [0.1, 0.15) is 17.3 Å². The van der Waals surface area contributed by atoms with Gasteiger partial charge in [-0.15, -0.1) is 0 Å². The van der Waals surface area contributed by atoms with Crippen LogP contribution in [-0.4, -0.2) is 28.3 Å². The lowest BCUT2D eigenvalue weighted by Gasteiger charge is -2.12. The maximum atomic E-state index is 12.6. The molecule has 1 aliphatic heterocycles. The highest BCUT2D eigenvalue weighted by atomic mass is 35.5. The van der Waals surface area contributed by atoms with E-state index in [-0.39, 0.29) is 16.7 Å².